The normalized spacial score (nSPS) is 9.21. The molecule has 0 fully saturated rings. The van der Waals surface area contributed by atoms with Gasteiger partial charge in [-0.3, -0.25) is 4.79 Å². The van der Waals surface area contributed by atoms with Crippen LogP contribution in [0, 0.1) is 12.3 Å². The van der Waals surface area contributed by atoms with Gasteiger partial charge in [-0.05, 0) is 31.2 Å². The third-order valence-corrected chi connectivity index (χ3v) is 2.12. The SMILES string of the molecule is C#Cc1ccc(C(=O)N(C)CC)cc1. The van der Waals surface area contributed by atoms with E-state index in [2.05, 4.69) is 5.92 Å². The fraction of sp³-hybridized carbons (Fsp3) is 0.250. The van der Waals surface area contributed by atoms with E-state index >= 15 is 0 Å². The monoisotopic (exact) mass is 187 g/mol. The number of rotatable bonds is 2. The van der Waals surface area contributed by atoms with E-state index in [1.807, 2.05) is 6.92 Å². The highest BCUT2D eigenvalue weighted by Crippen LogP contribution is 2.05. The van der Waals surface area contributed by atoms with Crippen LogP contribution in [-0.2, 0) is 0 Å². The van der Waals surface area contributed by atoms with Crippen LogP contribution in [-0.4, -0.2) is 24.4 Å². The van der Waals surface area contributed by atoms with Crippen molar-refractivity contribution in [2.75, 3.05) is 13.6 Å². The first-order valence-electron chi connectivity index (χ1n) is 4.51. The van der Waals surface area contributed by atoms with Gasteiger partial charge in [-0.25, -0.2) is 0 Å². The summed E-state index contributed by atoms with van der Waals surface area (Å²) in [5.41, 5.74) is 1.47. The molecule has 0 bridgehead atoms. The van der Waals surface area contributed by atoms with Crippen molar-refractivity contribution < 1.29 is 4.79 Å². The van der Waals surface area contributed by atoms with Gasteiger partial charge in [0.15, 0.2) is 0 Å². The van der Waals surface area contributed by atoms with Gasteiger partial charge in [-0.1, -0.05) is 5.92 Å². The molecule has 2 nitrogen and oxygen atoms in total. The Balaban J connectivity index is 2.88. The molecule has 2 heteroatoms. The number of carbonyl (C=O) groups is 1. The molecule has 0 aliphatic carbocycles. The van der Waals surface area contributed by atoms with Crippen molar-refractivity contribution in [3.05, 3.63) is 35.4 Å². The average Bonchev–Trinajstić information content (AvgIpc) is 2.27. The molecular formula is C12H13NO. The third-order valence-electron chi connectivity index (χ3n) is 2.12. The van der Waals surface area contributed by atoms with Crippen LogP contribution in [0.15, 0.2) is 24.3 Å². The predicted molar refractivity (Wildman–Crippen MR) is 57.0 cm³/mol. The molecule has 0 aliphatic heterocycles. The highest BCUT2D eigenvalue weighted by Gasteiger charge is 2.08. The van der Waals surface area contributed by atoms with Crippen LogP contribution < -0.4 is 0 Å². The number of nitrogens with zero attached hydrogens (tertiary/aromatic N) is 1. The highest BCUT2D eigenvalue weighted by atomic mass is 16.2. The van der Waals surface area contributed by atoms with Crippen LogP contribution in [0.4, 0.5) is 0 Å². The van der Waals surface area contributed by atoms with Crippen LogP contribution in [0.2, 0.25) is 0 Å². The molecule has 0 saturated carbocycles. The summed E-state index contributed by atoms with van der Waals surface area (Å²) in [6.07, 6.45) is 5.22. The van der Waals surface area contributed by atoms with Crippen molar-refractivity contribution >= 4 is 5.91 Å². The lowest BCUT2D eigenvalue weighted by molar-refractivity contribution is 0.0802. The van der Waals surface area contributed by atoms with Gasteiger partial charge in [0.05, 0.1) is 0 Å². The minimum Gasteiger partial charge on any atom is -0.342 e. The summed E-state index contributed by atoms with van der Waals surface area (Å²) in [7, 11) is 1.78. The van der Waals surface area contributed by atoms with Gasteiger partial charge in [0.2, 0.25) is 0 Å². The molecule has 1 aromatic carbocycles. The molecule has 72 valence electrons. The zero-order chi connectivity index (χ0) is 10.6. The fourth-order valence-electron chi connectivity index (χ4n) is 1.07. The molecule has 14 heavy (non-hydrogen) atoms. The molecule has 0 aliphatic rings. The average molecular weight is 187 g/mol. The molecule has 0 saturated heterocycles. The number of carbonyl (C=O) groups excluding carboxylic acids is 1. The molecule has 0 unspecified atom stereocenters. The van der Waals surface area contributed by atoms with Crippen molar-refractivity contribution in [3.8, 4) is 12.3 Å². The van der Waals surface area contributed by atoms with Crippen LogP contribution in [0.3, 0.4) is 0 Å². The van der Waals surface area contributed by atoms with Gasteiger partial charge in [0, 0.05) is 24.7 Å². The van der Waals surface area contributed by atoms with Gasteiger partial charge in [0.25, 0.3) is 5.91 Å². The first-order valence-corrected chi connectivity index (χ1v) is 4.51. The van der Waals surface area contributed by atoms with Gasteiger partial charge in [-0.2, -0.15) is 0 Å². The Kier molecular flexibility index (Phi) is 3.30. The fourth-order valence-corrected chi connectivity index (χ4v) is 1.07. The first-order chi connectivity index (χ1) is 6.69. The maximum Gasteiger partial charge on any atom is 0.253 e. The second kappa shape index (κ2) is 4.48. The van der Waals surface area contributed by atoms with Crippen molar-refractivity contribution in [1.82, 2.24) is 4.90 Å². The van der Waals surface area contributed by atoms with Gasteiger partial charge >= 0.3 is 0 Å². The van der Waals surface area contributed by atoms with Crippen molar-refractivity contribution in [3.63, 3.8) is 0 Å². The van der Waals surface area contributed by atoms with Crippen molar-refractivity contribution in [2.45, 2.75) is 6.92 Å². The molecule has 0 spiro atoms. The molecule has 0 aromatic heterocycles. The smallest absolute Gasteiger partial charge is 0.253 e. The molecule has 1 rings (SSSR count). The zero-order valence-corrected chi connectivity index (χ0v) is 8.45. The Morgan fingerprint density at radius 2 is 2.00 bits per heavy atom. The minimum absolute atomic E-state index is 0.0241. The highest BCUT2D eigenvalue weighted by molar-refractivity contribution is 5.94. The number of hydrogen-bond acceptors (Lipinski definition) is 1. The van der Waals surface area contributed by atoms with Crippen molar-refractivity contribution in [2.24, 2.45) is 0 Å². The van der Waals surface area contributed by atoms with Crippen molar-refractivity contribution in [1.29, 1.82) is 0 Å². The largest absolute Gasteiger partial charge is 0.342 e. The summed E-state index contributed by atoms with van der Waals surface area (Å²) in [6, 6.07) is 7.06. The molecular weight excluding hydrogens is 174 g/mol. The van der Waals surface area contributed by atoms with Gasteiger partial charge < -0.3 is 4.90 Å². The van der Waals surface area contributed by atoms with E-state index in [0.29, 0.717) is 12.1 Å². The lowest BCUT2D eigenvalue weighted by Crippen LogP contribution is -2.26. The van der Waals surface area contributed by atoms with E-state index in [9.17, 15) is 4.79 Å². The van der Waals surface area contributed by atoms with E-state index in [-0.39, 0.29) is 5.91 Å². The Morgan fingerprint density at radius 1 is 1.43 bits per heavy atom. The predicted octanol–water partition coefficient (Wildman–Crippen LogP) is 1.76. The standard InChI is InChI=1S/C12H13NO/c1-4-10-6-8-11(9-7-10)12(14)13(3)5-2/h1,6-9H,5H2,2-3H3. The Hall–Kier alpha value is -1.75. The van der Waals surface area contributed by atoms with Gasteiger partial charge in [0.1, 0.15) is 0 Å². The molecule has 0 radical (unpaired) electrons. The first kappa shape index (κ1) is 10.3. The van der Waals surface area contributed by atoms with E-state index in [1.54, 1.807) is 36.2 Å². The lowest BCUT2D eigenvalue weighted by atomic mass is 10.1. The maximum absolute atomic E-state index is 11.6. The Labute approximate surface area is 84.5 Å². The summed E-state index contributed by atoms with van der Waals surface area (Å²) < 4.78 is 0. The van der Waals surface area contributed by atoms with E-state index < -0.39 is 0 Å². The van der Waals surface area contributed by atoms with Crippen LogP contribution >= 0.6 is 0 Å². The summed E-state index contributed by atoms with van der Waals surface area (Å²) in [4.78, 5) is 13.3. The maximum atomic E-state index is 11.6. The minimum atomic E-state index is 0.0241. The van der Waals surface area contributed by atoms with Gasteiger partial charge in [-0.15, -0.1) is 6.42 Å². The summed E-state index contributed by atoms with van der Waals surface area (Å²) in [5.74, 6) is 2.54. The molecule has 0 atom stereocenters. The van der Waals surface area contributed by atoms with E-state index in [4.69, 9.17) is 6.42 Å². The summed E-state index contributed by atoms with van der Waals surface area (Å²) >= 11 is 0. The Morgan fingerprint density at radius 3 is 2.43 bits per heavy atom. The number of terminal acetylenes is 1. The molecule has 1 amide bonds. The molecule has 0 N–H and O–H groups in total. The lowest BCUT2D eigenvalue weighted by Gasteiger charge is -2.14. The number of benzene rings is 1. The second-order valence-corrected chi connectivity index (χ2v) is 3.04. The van der Waals surface area contributed by atoms with Crippen LogP contribution in [0.25, 0.3) is 0 Å². The quantitative estimate of drug-likeness (QED) is 0.646. The van der Waals surface area contributed by atoms with Crippen LogP contribution in [0.5, 0.6) is 0 Å². The van der Waals surface area contributed by atoms with E-state index in [1.165, 1.54) is 0 Å². The number of hydrogen-bond donors (Lipinski definition) is 0. The molecule has 1 aromatic rings. The van der Waals surface area contributed by atoms with E-state index in [0.717, 1.165) is 5.56 Å². The Bertz CT molecular complexity index is 359. The summed E-state index contributed by atoms with van der Waals surface area (Å²) in [5, 5.41) is 0. The zero-order valence-electron chi connectivity index (χ0n) is 8.45. The third kappa shape index (κ3) is 2.14. The summed E-state index contributed by atoms with van der Waals surface area (Å²) in [6.45, 7) is 2.64. The second-order valence-electron chi connectivity index (χ2n) is 3.04. The topological polar surface area (TPSA) is 20.3 Å². The van der Waals surface area contributed by atoms with Crippen LogP contribution in [0.1, 0.15) is 22.8 Å². The number of amides is 1. The molecule has 0 heterocycles.